The first-order chi connectivity index (χ1) is 13.5. The molecule has 1 aromatic heterocycles. The highest BCUT2D eigenvalue weighted by molar-refractivity contribution is 7.99. The lowest BCUT2D eigenvalue weighted by Crippen LogP contribution is -2.48. The average Bonchev–Trinajstić information content (AvgIpc) is 3.52. The number of nitrogens with two attached hydrogens (primary N) is 1. The maximum atomic E-state index is 15.2. The van der Waals surface area contributed by atoms with Crippen LogP contribution < -0.4 is 16.1 Å². The Kier molecular flexibility index (Phi) is 4.17. The molecule has 3 N–H and O–H groups in total. The van der Waals surface area contributed by atoms with Crippen LogP contribution in [-0.2, 0) is 0 Å². The number of aromatic carboxylic acids is 1. The molecule has 3 heterocycles. The highest BCUT2D eigenvalue weighted by Crippen LogP contribution is 2.48. The number of carboxylic acids is 1. The monoisotopic (exact) mass is 403 g/mol. The van der Waals surface area contributed by atoms with Crippen LogP contribution in [0, 0.1) is 11.7 Å². The molecule has 0 spiro atoms. The van der Waals surface area contributed by atoms with Gasteiger partial charge in [0.1, 0.15) is 11.4 Å². The van der Waals surface area contributed by atoms with Gasteiger partial charge in [-0.15, -0.1) is 11.8 Å². The summed E-state index contributed by atoms with van der Waals surface area (Å²) < 4.78 is 17.1. The van der Waals surface area contributed by atoms with Crippen molar-refractivity contribution in [3.8, 4) is 0 Å². The van der Waals surface area contributed by atoms with Crippen molar-refractivity contribution in [1.29, 1.82) is 0 Å². The quantitative estimate of drug-likeness (QED) is 0.819. The predicted octanol–water partition coefficient (Wildman–Crippen LogP) is 2.82. The number of hydrogen-bond acceptors (Lipinski definition) is 5. The number of carboxylic acid groups (broad SMARTS) is 1. The van der Waals surface area contributed by atoms with E-state index in [0.29, 0.717) is 23.7 Å². The van der Waals surface area contributed by atoms with Crippen LogP contribution in [0.1, 0.15) is 42.1 Å². The van der Waals surface area contributed by atoms with Crippen LogP contribution in [-0.4, -0.2) is 40.5 Å². The first kappa shape index (κ1) is 18.0. The molecule has 1 aromatic carbocycles. The summed E-state index contributed by atoms with van der Waals surface area (Å²) in [5.74, 6) is -0.416. The standard InChI is InChI=1S/C20H22FN3O3S/c21-15-6-13-16(24(11-1-2-11)8-14(18(13)25)20(26)27)19-17(15)23-4-3-10(7-22)5-12(23)9-28-19/h6,8,10-12H,1-5,7,9,22H2,(H,26,27). The van der Waals surface area contributed by atoms with E-state index in [1.165, 1.54) is 12.3 Å². The Balaban J connectivity index is 1.75. The number of rotatable bonds is 3. The lowest BCUT2D eigenvalue weighted by Gasteiger charge is -2.44. The summed E-state index contributed by atoms with van der Waals surface area (Å²) in [6.07, 6.45) is 5.22. The Morgan fingerprint density at radius 2 is 2.11 bits per heavy atom. The molecule has 6 nitrogen and oxygen atoms in total. The first-order valence-electron chi connectivity index (χ1n) is 9.73. The third kappa shape index (κ3) is 2.65. The van der Waals surface area contributed by atoms with Crippen molar-refractivity contribution >= 4 is 34.3 Å². The Labute approximate surface area is 165 Å². The molecule has 28 heavy (non-hydrogen) atoms. The second-order valence-corrected chi connectivity index (χ2v) is 9.06. The van der Waals surface area contributed by atoms with Gasteiger partial charge in [-0.2, -0.15) is 0 Å². The van der Waals surface area contributed by atoms with E-state index in [9.17, 15) is 14.7 Å². The van der Waals surface area contributed by atoms with Crippen LogP contribution >= 0.6 is 11.8 Å². The van der Waals surface area contributed by atoms with Gasteiger partial charge in [0.2, 0.25) is 5.43 Å². The fourth-order valence-electron chi connectivity index (χ4n) is 4.62. The summed E-state index contributed by atoms with van der Waals surface area (Å²) in [5.41, 5.74) is 6.22. The number of hydrogen-bond donors (Lipinski definition) is 2. The number of piperidine rings is 1. The van der Waals surface area contributed by atoms with Gasteiger partial charge in [-0.3, -0.25) is 4.79 Å². The third-order valence-electron chi connectivity index (χ3n) is 6.23. The second kappa shape index (κ2) is 6.49. The lowest BCUT2D eigenvalue weighted by molar-refractivity contribution is 0.0695. The number of fused-ring (bicyclic) bond motifs is 5. The highest BCUT2D eigenvalue weighted by Gasteiger charge is 2.37. The van der Waals surface area contributed by atoms with E-state index in [0.717, 1.165) is 42.9 Å². The molecule has 1 saturated heterocycles. The molecule has 2 aromatic rings. The summed E-state index contributed by atoms with van der Waals surface area (Å²) in [7, 11) is 0. The van der Waals surface area contributed by atoms with Gasteiger partial charge in [0.25, 0.3) is 0 Å². The van der Waals surface area contributed by atoms with Crippen molar-refractivity contribution in [2.24, 2.45) is 11.7 Å². The van der Waals surface area contributed by atoms with Crippen LogP contribution in [0.3, 0.4) is 0 Å². The lowest BCUT2D eigenvalue weighted by atomic mass is 9.91. The fraction of sp³-hybridized carbons (Fsp3) is 0.500. The molecule has 2 atom stereocenters. The Morgan fingerprint density at radius 1 is 1.32 bits per heavy atom. The number of anilines is 1. The minimum atomic E-state index is -1.27. The zero-order chi connectivity index (χ0) is 19.6. The van der Waals surface area contributed by atoms with Crippen molar-refractivity contribution in [2.45, 2.75) is 42.7 Å². The molecule has 3 aliphatic rings. The van der Waals surface area contributed by atoms with Crippen LogP contribution in [0.25, 0.3) is 10.9 Å². The normalized spacial score (nSPS) is 24.1. The minimum Gasteiger partial charge on any atom is -0.477 e. The number of benzene rings is 1. The molecule has 0 bridgehead atoms. The van der Waals surface area contributed by atoms with Gasteiger partial charge in [-0.05, 0) is 44.2 Å². The topological polar surface area (TPSA) is 88.6 Å². The Bertz CT molecular complexity index is 1050. The van der Waals surface area contributed by atoms with Gasteiger partial charge in [0, 0.05) is 30.6 Å². The molecule has 1 aliphatic carbocycles. The third-order valence-corrected chi connectivity index (χ3v) is 7.46. The van der Waals surface area contributed by atoms with Gasteiger partial charge in [0.15, 0.2) is 0 Å². The molecule has 0 radical (unpaired) electrons. The van der Waals surface area contributed by atoms with E-state index in [2.05, 4.69) is 4.90 Å². The second-order valence-electron chi connectivity index (χ2n) is 8.03. The largest absolute Gasteiger partial charge is 0.477 e. The van der Waals surface area contributed by atoms with E-state index >= 15 is 4.39 Å². The molecule has 5 rings (SSSR count). The molecule has 2 fully saturated rings. The number of halogens is 1. The minimum absolute atomic E-state index is 0.172. The van der Waals surface area contributed by atoms with Gasteiger partial charge in [-0.25, -0.2) is 9.18 Å². The highest BCUT2D eigenvalue weighted by atomic mass is 32.2. The molecular formula is C20H22FN3O3S. The molecule has 148 valence electrons. The van der Waals surface area contributed by atoms with Gasteiger partial charge < -0.3 is 20.3 Å². The van der Waals surface area contributed by atoms with Crippen molar-refractivity contribution in [1.82, 2.24) is 4.57 Å². The fourth-order valence-corrected chi connectivity index (χ4v) is 6.00. The molecular weight excluding hydrogens is 381 g/mol. The molecule has 8 heteroatoms. The first-order valence-corrected chi connectivity index (χ1v) is 10.7. The Hall–Kier alpha value is -2.06. The van der Waals surface area contributed by atoms with E-state index < -0.39 is 17.2 Å². The number of carbonyl (C=O) groups is 1. The molecule has 2 unspecified atom stereocenters. The molecule has 1 saturated carbocycles. The van der Waals surface area contributed by atoms with Crippen molar-refractivity contribution in [2.75, 3.05) is 23.7 Å². The van der Waals surface area contributed by atoms with E-state index in [1.807, 2.05) is 4.57 Å². The Morgan fingerprint density at radius 3 is 2.79 bits per heavy atom. The number of nitrogens with zero attached hydrogens (tertiary/aromatic N) is 2. The van der Waals surface area contributed by atoms with Crippen LogP contribution in [0.2, 0.25) is 0 Å². The van der Waals surface area contributed by atoms with Gasteiger partial charge >= 0.3 is 5.97 Å². The summed E-state index contributed by atoms with van der Waals surface area (Å²) in [6, 6.07) is 1.67. The number of pyridine rings is 1. The average molecular weight is 403 g/mol. The maximum Gasteiger partial charge on any atom is 0.341 e. The van der Waals surface area contributed by atoms with Gasteiger partial charge in [0.05, 0.1) is 21.5 Å². The zero-order valence-electron chi connectivity index (χ0n) is 15.4. The summed E-state index contributed by atoms with van der Waals surface area (Å²) in [4.78, 5) is 27.2. The summed E-state index contributed by atoms with van der Waals surface area (Å²) >= 11 is 1.58. The summed E-state index contributed by atoms with van der Waals surface area (Å²) in [6.45, 7) is 1.41. The van der Waals surface area contributed by atoms with Crippen molar-refractivity contribution in [3.05, 3.63) is 33.9 Å². The van der Waals surface area contributed by atoms with Crippen LogP contribution in [0.4, 0.5) is 10.1 Å². The van der Waals surface area contributed by atoms with Crippen molar-refractivity contribution in [3.63, 3.8) is 0 Å². The number of thioether (sulfide) groups is 1. The summed E-state index contributed by atoms with van der Waals surface area (Å²) in [5, 5.41) is 9.60. The van der Waals surface area contributed by atoms with Crippen LogP contribution in [0.5, 0.6) is 0 Å². The number of aromatic nitrogens is 1. The predicted molar refractivity (Wildman–Crippen MR) is 107 cm³/mol. The zero-order valence-corrected chi connectivity index (χ0v) is 16.2. The smallest absolute Gasteiger partial charge is 0.341 e. The van der Waals surface area contributed by atoms with Crippen molar-refractivity contribution < 1.29 is 14.3 Å². The van der Waals surface area contributed by atoms with E-state index in [4.69, 9.17) is 5.73 Å². The van der Waals surface area contributed by atoms with Gasteiger partial charge in [-0.1, -0.05) is 0 Å². The van der Waals surface area contributed by atoms with E-state index in [-0.39, 0.29) is 23.0 Å². The van der Waals surface area contributed by atoms with E-state index in [1.54, 1.807) is 11.8 Å². The molecule has 0 amide bonds. The SMILES string of the molecule is NCC1CCN2c3c(F)cc4c(=O)c(C(=O)O)cn(C5CC5)c4c3SCC2C1. The molecule has 2 aliphatic heterocycles. The van der Waals surface area contributed by atoms with Crippen LogP contribution in [0.15, 0.2) is 22.0 Å². The maximum absolute atomic E-state index is 15.2.